The molecule has 1 atom stereocenters. The third-order valence-electron chi connectivity index (χ3n) is 3.37. The summed E-state index contributed by atoms with van der Waals surface area (Å²) in [7, 11) is 1.43. The predicted octanol–water partition coefficient (Wildman–Crippen LogP) is 1.77. The Balaban J connectivity index is 2.24. The molecule has 2 heterocycles. The Morgan fingerprint density at radius 2 is 2.16 bits per heavy atom. The summed E-state index contributed by atoms with van der Waals surface area (Å²) >= 11 is 5.14. The van der Waals surface area contributed by atoms with Gasteiger partial charge in [-0.25, -0.2) is 4.39 Å². The van der Waals surface area contributed by atoms with Gasteiger partial charge in [-0.05, 0) is 24.4 Å². The zero-order chi connectivity index (χ0) is 13.7. The highest BCUT2D eigenvalue weighted by Crippen LogP contribution is 2.28. The van der Waals surface area contributed by atoms with Gasteiger partial charge in [0, 0.05) is 7.05 Å². The summed E-state index contributed by atoms with van der Waals surface area (Å²) in [5, 5.41) is 0. The standard InChI is InChI=1S/C12H10FN3O2S/c1-15-9(17)5-8(11(15)18)16-7-4-2-3-6(13)10(7)14-12(16)19/h2-4,8H,5H2,1H3,(H,14,19). The van der Waals surface area contributed by atoms with Crippen LogP contribution in [0.15, 0.2) is 18.2 Å². The summed E-state index contributed by atoms with van der Waals surface area (Å²) in [6, 6.07) is 3.83. The van der Waals surface area contributed by atoms with Crippen LogP contribution >= 0.6 is 12.2 Å². The zero-order valence-corrected chi connectivity index (χ0v) is 10.8. The molecule has 2 aromatic rings. The van der Waals surface area contributed by atoms with Crippen molar-refractivity contribution in [3.8, 4) is 0 Å². The molecule has 0 spiro atoms. The second-order valence-corrected chi connectivity index (χ2v) is 4.83. The Morgan fingerprint density at radius 1 is 1.42 bits per heavy atom. The van der Waals surface area contributed by atoms with E-state index in [9.17, 15) is 14.0 Å². The van der Waals surface area contributed by atoms with Crippen LogP contribution in [0.4, 0.5) is 4.39 Å². The van der Waals surface area contributed by atoms with Crippen molar-refractivity contribution in [2.24, 2.45) is 0 Å². The van der Waals surface area contributed by atoms with E-state index < -0.39 is 11.9 Å². The van der Waals surface area contributed by atoms with Gasteiger partial charge in [0.15, 0.2) is 4.77 Å². The normalized spacial score (nSPS) is 19.7. The number of aromatic amines is 1. The van der Waals surface area contributed by atoms with Crippen LogP contribution in [0.3, 0.4) is 0 Å². The minimum Gasteiger partial charge on any atom is -0.328 e. The summed E-state index contributed by atoms with van der Waals surface area (Å²) in [6.07, 6.45) is 0.0487. The third kappa shape index (κ3) is 1.61. The number of nitrogens with zero attached hydrogens (tertiary/aromatic N) is 2. The molecule has 1 saturated heterocycles. The van der Waals surface area contributed by atoms with Gasteiger partial charge < -0.3 is 9.55 Å². The Kier molecular flexibility index (Phi) is 2.53. The Hall–Kier alpha value is -2.02. The molecule has 1 aromatic heterocycles. The van der Waals surface area contributed by atoms with Crippen molar-refractivity contribution < 1.29 is 14.0 Å². The molecule has 5 nitrogen and oxygen atoms in total. The number of imidazole rings is 1. The first kappa shape index (κ1) is 12.0. The van der Waals surface area contributed by atoms with Crippen molar-refractivity contribution in [2.75, 3.05) is 7.05 Å². The topological polar surface area (TPSA) is 58.1 Å². The maximum Gasteiger partial charge on any atom is 0.252 e. The number of nitrogens with one attached hydrogen (secondary N) is 1. The van der Waals surface area contributed by atoms with Gasteiger partial charge in [0.25, 0.3) is 5.91 Å². The molecule has 0 aliphatic carbocycles. The van der Waals surface area contributed by atoms with Crippen LogP contribution in [0.5, 0.6) is 0 Å². The second kappa shape index (κ2) is 3.99. The third-order valence-corrected chi connectivity index (χ3v) is 3.67. The number of imide groups is 1. The van der Waals surface area contributed by atoms with E-state index in [1.54, 1.807) is 12.1 Å². The van der Waals surface area contributed by atoms with E-state index in [0.717, 1.165) is 4.90 Å². The molecule has 1 unspecified atom stereocenters. The lowest BCUT2D eigenvalue weighted by Gasteiger charge is -2.11. The van der Waals surface area contributed by atoms with Gasteiger partial charge in [-0.3, -0.25) is 14.5 Å². The first-order chi connectivity index (χ1) is 9.00. The van der Waals surface area contributed by atoms with E-state index >= 15 is 0 Å². The second-order valence-electron chi connectivity index (χ2n) is 4.45. The quantitative estimate of drug-likeness (QED) is 0.639. The molecular weight excluding hydrogens is 269 g/mol. The van der Waals surface area contributed by atoms with E-state index in [1.165, 1.54) is 17.7 Å². The smallest absolute Gasteiger partial charge is 0.252 e. The number of fused-ring (bicyclic) bond motifs is 1. The summed E-state index contributed by atoms with van der Waals surface area (Å²) in [4.78, 5) is 27.4. The lowest BCUT2D eigenvalue weighted by atomic mass is 10.2. The van der Waals surface area contributed by atoms with Gasteiger partial charge in [-0.2, -0.15) is 0 Å². The number of likely N-dealkylation sites (tertiary alicyclic amines) is 1. The number of amides is 2. The number of likely N-dealkylation sites (N-methyl/N-ethyl adjacent to an activating group) is 1. The van der Waals surface area contributed by atoms with Crippen LogP contribution in [-0.2, 0) is 9.59 Å². The molecule has 7 heteroatoms. The minimum atomic E-state index is -0.694. The van der Waals surface area contributed by atoms with Crippen LogP contribution in [0, 0.1) is 10.6 Å². The Bertz CT molecular complexity index is 764. The molecule has 1 aromatic carbocycles. The number of hydrogen-bond donors (Lipinski definition) is 1. The largest absolute Gasteiger partial charge is 0.328 e. The molecule has 3 rings (SSSR count). The van der Waals surface area contributed by atoms with Gasteiger partial charge >= 0.3 is 0 Å². The van der Waals surface area contributed by atoms with Gasteiger partial charge in [0.05, 0.1) is 11.9 Å². The van der Waals surface area contributed by atoms with Crippen LogP contribution in [-0.4, -0.2) is 33.3 Å². The van der Waals surface area contributed by atoms with Crippen molar-refractivity contribution in [3.63, 3.8) is 0 Å². The molecule has 1 aliphatic heterocycles. The van der Waals surface area contributed by atoms with Crippen molar-refractivity contribution in [1.82, 2.24) is 14.5 Å². The number of para-hydroxylation sites is 1. The Morgan fingerprint density at radius 3 is 2.79 bits per heavy atom. The van der Waals surface area contributed by atoms with E-state index in [-0.39, 0.29) is 28.5 Å². The lowest BCUT2D eigenvalue weighted by molar-refractivity contribution is -0.137. The number of benzene rings is 1. The minimum absolute atomic E-state index is 0.0487. The van der Waals surface area contributed by atoms with Gasteiger partial charge in [0.2, 0.25) is 5.91 Å². The molecular formula is C12H10FN3O2S. The summed E-state index contributed by atoms with van der Waals surface area (Å²) in [5.74, 6) is -1.03. The monoisotopic (exact) mass is 279 g/mol. The molecule has 1 aliphatic rings. The van der Waals surface area contributed by atoms with Crippen molar-refractivity contribution in [1.29, 1.82) is 0 Å². The van der Waals surface area contributed by atoms with E-state index in [2.05, 4.69) is 4.98 Å². The highest BCUT2D eigenvalue weighted by atomic mass is 32.1. The van der Waals surface area contributed by atoms with Gasteiger partial charge in [-0.15, -0.1) is 0 Å². The lowest BCUT2D eigenvalue weighted by Crippen LogP contribution is -2.26. The van der Waals surface area contributed by atoms with Crippen molar-refractivity contribution >= 4 is 35.1 Å². The molecule has 1 fully saturated rings. The van der Waals surface area contributed by atoms with E-state index in [0.29, 0.717) is 5.52 Å². The van der Waals surface area contributed by atoms with Gasteiger partial charge in [0.1, 0.15) is 17.4 Å². The van der Waals surface area contributed by atoms with Crippen LogP contribution in [0.1, 0.15) is 12.5 Å². The van der Waals surface area contributed by atoms with E-state index in [1.807, 2.05) is 0 Å². The Labute approximate surface area is 112 Å². The van der Waals surface area contributed by atoms with Crippen molar-refractivity contribution in [2.45, 2.75) is 12.5 Å². The summed E-state index contributed by atoms with van der Waals surface area (Å²) in [5.41, 5.74) is 0.744. The zero-order valence-electron chi connectivity index (χ0n) is 10.0. The average Bonchev–Trinajstić information content (AvgIpc) is 2.83. The number of hydrogen-bond acceptors (Lipinski definition) is 3. The number of carbonyl (C=O) groups excluding carboxylic acids is 2. The van der Waals surface area contributed by atoms with Crippen LogP contribution in [0.2, 0.25) is 0 Å². The maximum atomic E-state index is 13.7. The maximum absolute atomic E-state index is 13.7. The fraction of sp³-hybridized carbons (Fsp3) is 0.250. The van der Waals surface area contributed by atoms with Crippen LogP contribution < -0.4 is 0 Å². The predicted molar refractivity (Wildman–Crippen MR) is 68.5 cm³/mol. The first-order valence-corrected chi connectivity index (χ1v) is 6.10. The molecule has 19 heavy (non-hydrogen) atoms. The molecule has 1 N–H and O–H groups in total. The highest BCUT2D eigenvalue weighted by molar-refractivity contribution is 7.71. The SMILES string of the molecule is CN1C(=O)CC(n2c(=S)[nH]c3c(F)cccc32)C1=O. The molecule has 0 bridgehead atoms. The summed E-state index contributed by atoms with van der Waals surface area (Å²) < 4.78 is 15.4. The fourth-order valence-corrected chi connectivity index (χ4v) is 2.69. The molecule has 0 saturated carbocycles. The van der Waals surface area contributed by atoms with Crippen molar-refractivity contribution in [3.05, 3.63) is 28.8 Å². The van der Waals surface area contributed by atoms with Gasteiger partial charge in [-0.1, -0.05) is 6.07 Å². The number of rotatable bonds is 1. The first-order valence-electron chi connectivity index (χ1n) is 5.70. The number of H-pyrrole nitrogens is 1. The molecule has 98 valence electrons. The number of halogens is 1. The number of carbonyl (C=O) groups is 2. The van der Waals surface area contributed by atoms with E-state index in [4.69, 9.17) is 12.2 Å². The number of aromatic nitrogens is 2. The average molecular weight is 279 g/mol. The molecule has 0 radical (unpaired) electrons. The van der Waals surface area contributed by atoms with Crippen LogP contribution in [0.25, 0.3) is 11.0 Å². The summed E-state index contributed by atoms with van der Waals surface area (Å²) in [6.45, 7) is 0. The highest BCUT2D eigenvalue weighted by Gasteiger charge is 2.38. The fourth-order valence-electron chi connectivity index (χ4n) is 2.36. The molecule has 2 amide bonds.